The van der Waals surface area contributed by atoms with E-state index in [1.165, 1.54) is 23.7 Å². The van der Waals surface area contributed by atoms with Crippen molar-refractivity contribution in [1.82, 2.24) is 0 Å². The van der Waals surface area contributed by atoms with Gasteiger partial charge in [0.2, 0.25) is 11.8 Å². The molecule has 0 aliphatic heterocycles. The second-order valence-electron chi connectivity index (χ2n) is 7.49. The monoisotopic (exact) mass is 396 g/mol. The summed E-state index contributed by atoms with van der Waals surface area (Å²) < 4.78 is 0. The molecule has 1 aliphatic rings. The standard InChI is InChI=1S/C23H28N2O2S/c1-16-11-12-20(13-17(16)2)24-22(26)15-28-21-10-6-9-19(14-21)25-23(27)18-7-4-3-5-8-18/h6,9-14,18H,3-5,7-8,15H2,1-2H3,(H,24,26)(H,25,27). The van der Waals surface area contributed by atoms with Crippen LogP contribution in [0.5, 0.6) is 0 Å². The highest BCUT2D eigenvalue weighted by atomic mass is 32.2. The summed E-state index contributed by atoms with van der Waals surface area (Å²) in [6, 6.07) is 13.6. The molecule has 28 heavy (non-hydrogen) atoms. The molecule has 0 unspecified atom stereocenters. The lowest BCUT2D eigenvalue weighted by atomic mass is 9.88. The van der Waals surface area contributed by atoms with Crippen LogP contribution in [0.1, 0.15) is 43.2 Å². The van der Waals surface area contributed by atoms with Crippen LogP contribution in [-0.4, -0.2) is 17.6 Å². The van der Waals surface area contributed by atoms with Crippen molar-refractivity contribution in [3.63, 3.8) is 0 Å². The highest BCUT2D eigenvalue weighted by Gasteiger charge is 2.21. The van der Waals surface area contributed by atoms with Crippen molar-refractivity contribution >= 4 is 35.0 Å². The molecule has 2 amide bonds. The summed E-state index contributed by atoms with van der Waals surface area (Å²) in [5.41, 5.74) is 3.99. The smallest absolute Gasteiger partial charge is 0.234 e. The number of hydrogen-bond donors (Lipinski definition) is 2. The van der Waals surface area contributed by atoms with Gasteiger partial charge in [-0.1, -0.05) is 31.4 Å². The van der Waals surface area contributed by atoms with E-state index in [0.29, 0.717) is 5.75 Å². The first-order valence-electron chi connectivity index (χ1n) is 9.92. The summed E-state index contributed by atoms with van der Waals surface area (Å²) in [6.07, 6.45) is 5.49. The van der Waals surface area contributed by atoms with Crippen LogP contribution in [-0.2, 0) is 9.59 Å². The maximum Gasteiger partial charge on any atom is 0.234 e. The lowest BCUT2D eigenvalue weighted by Gasteiger charge is -2.20. The Balaban J connectivity index is 1.51. The first-order valence-corrected chi connectivity index (χ1v) is 10.9. The van der Waals surface area contributed by atoms with E-state index in [0.717, 1.165) is 47.5 Å². The molecule has 0 aromatic heterocycles. The molecule has 5 heteroatoms. The number of anilines is 2. The molecule has 0 saturated heterocycles. The quantitative estimate of drug-likeness (QED) is 0.629. The minimum atomic E-state index is -0.0371. The van der Waals surface area contributed by atoms with Crippen molar-refractivity contribution in [2.75, 3.05) is 16.4 Å². The van der Waals surface area contributed by atoms with Gasteiger partial charge in [-0.05, 0) is 68.1 Å². The van der Waals surface area contributed by atoms with Crippen LogP contribution < -0.4 is 10.6 Å². The summed E-state index contributed by atoms with van der Waals surface area (Å²) in [5, 5.41) is 5.98. The Morgan fingerprint density at radius 3 is 2.43 bits per heavy atom. The molecule has 1 saturated carbocycles. The van der Waals surface area contributed by atoms with Gasteiger partial charge in [0, 0.05) is 22.2 Å². The second kappa shape index (κ2) is 9.78. The Bertz CT molecular complexity index is 844. The van der Waals surface area contributed by atoms with Crippen molar-refractivity contribution in [2.45, 2.75) is 50.8 Å². The Morgan fingerprint density at radius 2 is 1.68 bits per heavy atom. The summed E-state index contributed by atoms with van der Waals surface area (Å²) in [6.45, 7) is 4.09. The van der Waals surface area contributed by atoms with Crippen LogP contribution in [0.3, 0.4) is 0 Å². The SMILES string of the molecule is Cc1ccc(NC(=O)CSc2cccc(NC(=O)C3CCCCC3)c2)cc1C. The fourth-order valence-corrected chi connectivity index (χ4v) is 4.19. The number of amides is 2. The van der Waals surface area contributed by atoms with Crippen LogP contribution in [0.15, 0.2) is 47.4 Å². The number of rotatable bonds is 6. The van der Waals surface area contributed by atoms with Crippen molar-refractivity contribution in [2.24, 2.45) is 5.92 Å². The molecule has 4 nitrogen and oxygen atoms in total. The molecule has 148 valence electrons. The lowest BCUT2D eigenvalue weighted by Crippen LogP contribution is -2.24. The number of thioether (sulfide) groups is 1. The first-order chi connectivity index (χ1) is 13.5. The Labute approximate surface area is 171 Å². The summed E-state index contributed by atoms with van der Waals surface area (Å²) >= 11 is 1.47. The van der Waals surface area contributed by atoms with Gasteiger partial charge in [0.05, 0.1) is 5.75 Å². The van der Waals surface area contributed by atoms with Crippen LogP contribution in [0.25, 0.3) is 0 Å². The van der Waals surface area contributed by atoms with E-state index in [9.17, 15) is 9.59 Å². The van der Waals surface area contributed by atoms with E-state index in [4.69, 9.17) is 0 Å². The van der Waals surface area contributed by atoms with E-state index in [1.807, 2.05) is 49.4 Å². The zero-order valence-electron chi connectivity index (χ0n) is 16.6. The molecule has 2 N–H and O–H groups in total. The van der Waals surface area contributed by atoms with E-state index in [1.54, 1.807) is 0 Å². The Hall–Kier alpha value is -2.27. The van der Waals surface area contributed by atoms with E-state index in [-0.39, 0.29) is 17.7 Å². The molecule has 0 spiro atoms. The van der Waals surface area contributed by atoms with E-state index in [2.05, 4.69) is 17.6 Å². The van der Waals surface area contributed by atoms with Gasteiger partial charge >= 0.3 is 0 Å². The maximum atomic E-state index is 12.4. The first kappa shape index (κ1) is 20.5. The van der Waals surface area contributed by atoms with Crippen LogP contribution >= 0.6 is 11.8 Å². The normalized spacial score (nSPS) is 14.5. The second-order valence-corrected chi connectivity index (χ2v) is 8.54. The predicted molar refractivity (Wildman–Crippen MR) is 117 cm³/mol. The highest BCUT2D eigenvalue weighted by Crippen LogP contribution is 2.26. The van der Waals surface area contributed by atoms with Gasteiger partial charge in [-0.25, -0.2) is 0 Å². The van der Waals surface area contributed by atoms with Crippen molar-refractivity contribution in [3.8, 4) is 0 Å². The fourth-order valence-electron chi connectivity index (χ4n) is 3.44. The van der Waals surface area contributed by atoms with Crippen molar-refractivity contribution in [3.05, 3.63) is 53.6 Å². The molecule has 1 fully saturated rings. The minimum Gasteiger partial charge on any atom is -0.326 e. The number of hydrogen-bond acceptors (Lipinski definition) is 3. The molecule has 0 atom stereocenters. The highest BCUT2D eigenvalue weighted by molar-refractivity contribution is 8.00. The molecule has 2 aromatic carbocycles. The van der Waals surface area contributed by atoms with E-state index < -0.39 is 0 Å². The van der Waals surface area contributed by atoms with Gasteiger partial charge in [0.25, 0.3) is 0 Å². The third-order valence-corrected chi connectivity index (χ3v) is 6.23. The molecule has 2 aromatic rings. The summed E-state index contributed by atoms with van der Waals surface area (Å²) in [7, 11) is 0. The average molecular weight is 397 g/mol. The molecule has 0 heterocycles. The number of carbonyl (C=O) groups is 2. The van der Waals surface area contributed by atoms with Gasteiger partial charge < -0.3 is 10.6 Å². The third-order valence-electron chi connectivity index (χ3n) is 5.24. The molecule has 3 rings (SSSR count). The van der Waals surface area contributed by atoms with Gasteiger partial charge in [-0.2, -0.15) is 0 Å². The summed E-state index contributed by atoms with van der Waals surface area (Å²) in [5.74, 6) is 0.542. The lowest BCUT2D eigenvalue weighted by molar-refractivity contribution is -0.120. The molecule has 1 aliphatic carbocycles. The topological polar surface area (TPSA) is 58.2 Å². The number of benzene rings is 2. The summed E-state index contributed by atoms with van der Waals surface area (Å²) in [4.78, 5) is 25.6. The van der Waals surface area contributed by atoms with Crippen LogP contribution in [0.2, 0.25) is 0 Å². The van der Waals surface area contributed by atoms with Crippen molar-refractivity contribution in [1.29, 1.82) is 0 Å². The Morgan fingerprint density at radius 1 is 0.929 bits per heavy atom. The van der Waals surface area contributed by atoms with Crippen LogP contribution in [0.4, 0.5) is 11.4 Å². The van der Waals surface area contributed by atoms with Gasteiger partial charge in [0.1, 0.15) is 0 Å². The maximum absolute atomic E-state index is 12.4. The van der Waals surface area contributed by atoms with Gasteiger partial charge in [-0.15, -0.1) is 11.8 Å². The molecule has 0 bridgehead atoms. The van der Waals surface area contributed by atoms with Gasteiger partial charge in [0.15, 0.2) is 0 Å². The number of carbonyl (C=O) groups excluding carboxylic acids is 2. The predicted octanol–water partition coefficient (Wildman–Crippen LogP) is 5.55. The van der Waals surface area contributed by atoms with Gasteiger partial charge in [-0.3, -0.25) is 9.59 Å². The molecule has 0 radical (unpaired) electrons. The van der Waals surface area contributed by atoms with E-state index >= 15 is 0 Å². The minimum absolute atomic E-state index is 0.0371. The zero-order valence-corrected chi connectivity index (χ0v) is 17.4. The Kier molecular flexibility index (Phi) is 7.15. The van der Waals surface area contributed by atoms with Crippen molar-refractivity contribution < 1.29 is 9.59 Å². The largest absolute Gasteiger partial charge is 0.326 e. The fraction of sp³-hybridized carbons (Fsp3) is 0.391. The molecular weight excluding hydrogens is 368 g/mol. The third kappa shape index (κ3) is 5.86. The number of nitrogens with one attached hydrogen (secondary N) is 2. The average Bonchev–Trinajstić information content (AvgIpc) is 2.70. The zero-order chi connectivity index (χ0) is 19.9. The number of aryl methyl sites for hydroxylation is 2. The molecular formula is C23H28N2O2S. The van der Waals surface area contributed by atoms with Crippen LogP contribution in [0, 0.1) is 19.8 Å².